The van der Waals surface area contributed by atoms with Gasteiger partial charge in [0.25, 0.3) is 0 Å². The highest BCUT2D eigenvalue weighted by Crippen LogP contribution is 2.23. The second kappa shape index (κ2) is 5.45. The van der Waals surface area contributed by atoms with Gasteiger partial charge in [0.05, 0.1) is 11.3 Å². The van der Waals surface area contributed by atoms with Gasteiger partial charge >= 0.3 is 11.7 Å². The summed E-state index contributed by atoms with van der Waals surface area (Å²) in [4.78, 5) is 30.6. The van der Waals surface area contributed by atoms with Crippen LogP contribution in [0.3, 0.4) is 0 Å². The number of rotatable bonds is 4. The molecular weight excluding hydrogens is 282 g/mol. The largest absolute Gasteiger partial charge is 0.478 e. The fourth-order valence-electron chi connectivity index (χ4n) is 1.60. The molecule has 0 bridgehead atoms. The zero-order valence-electron chi connectivity index (χ0n) is 11.1. The van der Waals surface area contributed by atoms with Gasteiger partial charge in [-0.3, -0.25) is 4.57 Å². The molecule has 0 aliphatic heterocycles. The number of aromatic nitrogens is 5. The maximum Gasteiger partial charge on any atom is 0.344 e. The minimum atomic E-state index is -1.07. The topological polar surface area (TPSA) is 114 Å². The Kier molecular flexibility index (Phi) is 3.89. The summed E-state index contributed by atoms with van der Waals surface area (Å²) in [5, 5.41) is 16.0. The predicted octanol–water partition coefficient (Wildman–Crippen LogP) is 1.10. The molecule has 8 nitrogen and oxygen atoms in total. The van der Waals surface area contributed by atoms with Crippen molar-refractivity contribution in [2.75, 3.05) is 0 Å². The second-order valence-electron chi connectivity index (χ2n) is 4.33. The van der Waals surface area contributed by atoms with E-state index in [2.05, 4.69) is 20.2 Å². The quantitative estimate of drug-likeness (QED) is 0.812. The predicted molar refractivity (Wildman–Crippen MR) is 71.1 cm³/mol. The van der Waals surface area contributed by atoms with Gasteiger partial charge in [0.2, 0.25) is 0 Å². The van der Waals surface area contributed by atoms with E-state index in [4.69, 9.17) is 5.11 Å². The first-order valence-corrected chi connectivity index (χ1v) is 6.63. The molecule has 2 aromatic heterocycles. The Balaban J connectivity index is 2.34. The molecule has 0 saturated heterocycles. The van der Waals surface area contributed by atoms with Crippen LogP contribution in [0.2, 0.25) is 0 Å². The molecule has 2 aromatic rings. The molecular formula is C11H13N5O3S. The van der Waals surface area contributed by atoms with Crippen molar-refractivity contribution in [3.63, 3.8) is 0 Å². The van der Waals surface area contributed by atoms with E-state index in [9.17, 15) is 9.59 Å². The molecule has 9 heteroatoms. The molecule has 2 heterocycles. The van der Waals surface area contributed by atoms with Gasteiger partial charge in [-0.25, -0.2) is 24.7 Å². The normalized spacial score (nSPS) is 11.0. The summed E-state index contributed by atoms with van der Waals surface area (Å²) >= 11 is 1.10. The van der Waals surface area contributed by atoms with Crippen molar-refractivity contribution in [3.05, 3.63) is 27.9 Å². The first kappa shape index (κ1) is 14.3. The van der Waals surface area contributed by atoms with Crippen LogP contribution in [0, 0.1) is 6.92 Å². The Hall–Kier alpha value is -2.16. The summed E-state index contributed by atoms with van der Waals surface area (Å²) in [5.74, 6) is -1.07. The van der Waals surface area contributed by atoms with Crippen LogP contribution in [0.15, 0.2) is 21.3 Å². The zero-order valence-corrected chi connectivity index (χ0v) is 11.9. The van der Waals surface area contributed by atoms with Gasteiger partial charge in [-0.2, -0.15) is 0 Å². The molecule has 20 heavy (non-hydrogen) atoms. The number of H-pyrrole nitrogens is 1. The van der Waals surface area contributed by atoms with Gasteiger partial charge in [-0.05, 0) is 32.5 Å². The summed E-state index contributed by atoms with van der Waals surface area (Å²) in [5.41, 5.74) is 0.114. The van der Waals surface area contributed by atoms with E-state index < -0.39 is 5.97 Å². The maximum absolute atomic E-state index is 11.6. The monoisotopic (exact) mass is 295 g/mol. The Labute approximate surface area is 118 Å². The van der Waals surface area contributed by atoms with Crippen molar-refractivity contribution in [2.45, 2.75) is 37.1 Å². The molecule has 0 aliphatic rings. The minimum absolute atomic E-state index is 0.0526. The average Bonchev–Trinajstić information content (AvgIpc) is 2.70. The van der Waals surface area contributed by atoms with Crippen LogP contribution in [0.4, 0.5) is 0 Å². The first-order chi connectivity index (χ1) is 9.40. The lowest BCUT2D eigenvalue weighted by Crippen LogP contribution is -2.19. The Bertz CT molecular complexity index is 706. The number of carboxylic acids is 1. The molecule has 0 saturated carbocycles. The van der Waals surface area contributed by atoms with Gasteiger partial charge in [-0.1, -0.05) is 0 Å². The number of carbonyl (C=O) groups is 1. The van der Waals surface area contributed by atoms with Crippen molar-refractivity contribution in [1.29, 1.82) is 0 Å². The van der Waals surface area contributed by atoms with Crippen LogP contribution in [0.25, 0.3) is 0 Å². The summed E-state index contributed by atoms with van der Waals surface area (Å²) in [6, 6.07) is -0.0526. The van der Waals surface area contributed by atoms with Crippen LogP contribution < -0.4 is 5.69 Å². The number of hydrogen-bond donors (Lipinski definition) is 2. The first-order valence-electron chi connectivity index (χ1n) is 5.82. The number of aromatic amines is 1. The fraction of sp³-hybridized carbons (Fsp3) is 0.364. The molecule has 0 spiro atoms. The third-order valence-electron chi connectivity index (χ3n) is 2.56. The maximum atomic E-state index is 11.6. The molecule has 0 aliphatic carbocycles. The highest BCUT2D eigenvalue weighted by Gasteiger charge is 2.16. The molecule has 0 aromatic carbocycles. The van der Waals surface area contributed by atoms with E-state index in [1.54, 1.807) is 6.92 Å². The molecule has 0 atom stereocenters. The van der Waals surface area contributed by atoms with Gasteiger partial charge in [0.15, 0.2) is 10.3 Å². The number of nitrogens with one attached hydrogen (secondary N) is 1. The summed E-state index contributed by atoms with van der Waals surface area (Å²) in [6.07, 6.45) is 1.25. The van der Waals surface area contributed by atoms with Crippen LogP contribution in [-0.2, 0) is 0 Å². The Morgan fingerprint density at radius 1 is 1.50 bits per heavy atom. The van der Waals surface area contributed by atoms with Gasteiger partial charge in [0.1, 0.15) is 0 Å². The van der Waals surface area contributed by atoms with E-state index in [-0.39, 0.29) is 17.3 Å². The van der Waals surface area contributed by atoms with E-state index in [0.29, 0.717) is 16.0 Å². The lowest BCUT2D eigenvalue weighted by atomic mass is 10.2. The standard InChI is InChI=1S/C11H13N5O3S/c1-5(2)16-10(19)14-15-11(16)20-9-12-4-7(8(17)18)6(3)13-9/h4-5H,1-3H3,(H,14,19)(H,17,18). The molecule has 2 rings (SSSR count). The Morgan fingerprint density at radius 3 is 2.75 bits per heavy atom. The SMILES string of the molecule is Cc1nc(Sc2n[nH]c(=O)n2C(C)C)ncc1C(=O)O. The van der Waals surface area contributed by atoms with Crippen LogP contribution in [0.1, 0.15) is 35.9 Å². The number of nitrogens with zero attached hydrogens (tertiary/aromatic N) is 4. The molecule has 106 valence electrons. The van der Waals surface area contributed by atoms with Crippen molar-refractivity contribution in [3.8, 4) is 0 Å². The molecule has 2 N–H and O–H groups in total. The third kappa shape index (κ3) is 2.72. The third-order valence-corrected chi connectivity index (χ3v) is 3.41. The highest BCUT2D eigenvalue weighted by atomic mass is 32.2. The molecule has 0 amide bonds. The second-order valence-corrected chi connectivity index (χ2v) is 5.27. The minimum Gasteiger partial charge on any atom is -0.478 e. The average molecular weight is 295 g/mol. The number of aryl methyl sites for hydroxylation is 1. The van der Waals surface area contributed by atoms with Gasteiger partial charge in [-0.15, -0.1) is 5.10 Å². The molecule has 0 radical (unpaired) electrons. The van der Waals surface area contributed by atoms with Gasteiger partial charge < -0.3 is 5.11 Å². The smallest absolute Gasteiger partial charge is 0.344 e. The van der Waals surface area contributed by atoms with Gasteiger partial charge in [0, 0.05) is 12.2 Å². The van der Waals surface area contributed by atoms with Crippen molar-refractivity contribution >= 4 is 17.7 Å². The lowest BCUT2D eigenvalue weighted by Gasteiger charge is -2.08. The number of carboxylic acid groups (broad SMARTS) is 1. The van der Waals surface area contributed by atoms with E-state index in [1.165, 1.54) is 10.8 Å². The Morgan fingerprint density at radius 2 is 2.20 bits per heavy atom. The highest BCUT2D eigenvalue weighted by molar-refractivity contribution is 7.99. The zero-order chi connectivity index (χ0) is 14.9. The van der Waals surface area contributed by atoms with E-state index in [0.717, 1.165) is 11.8 Å². The molecule has 0 unspecified atom stereocenters. The summed E-state index contributed by atoms with van der Waals surface area (Å²) in [6.45, 7) is 5.32. The number of aromatic carboxylic acids is 1. The number of hydrogen-bond acceptors (Lipinski definition) is 6. The van der Waals surface area contributed by atoms with Crippen LogP contribution in [-0.4, -0.2) is 35.8 Å². The van der Waals surface area contributed by atoms with Crippen molar-refractivity contribution in [2.24, 2.45) is 0 Å². The van der Waals surface area contributed by atoms with Crippen LogP contribution >= 0.6 is 11.8 Å². The van der Waals surface area contributed by atoms with Crippen LogP contribution in [0.5, 0.6) is 0 Å². The molecule has 0 fully saturated rings. The summed E-state index contributed by atoms with van der Waals surface area (Å²) < 4.78 is 1.48. The van der Waals surface area contributed by atoms with E-state index >= 15 is 0 Å². The fourth-order valence-corrected chi connectivity index (χ4v) is 2.54. The lowest BCUT2D eigenvalue weighted by molar-refractivity contribution is 0.0695. The summed E-state index contributed by atoms with van der Waals surface area (Å²) in [7, 11) is 0. The van der Waals surface area contributed by atoms with E-state index in [1.807, 2.05) is 13.8 Å². The van der Waals surface area contributed by atoms with Crippen molar-refractivity contribution in [1.82, 2.24) is 24.7 Å². The van der Waals surface area contributed by atoms with Crippen molar-refractivity contribution < 1.29 is 9.90 Å².